The smallest absolute Gasteiger partial charge is 0.123 e. The second-order valence-corrected chi connectivity index (χ2v) is 6.46. The first kappa shape index (κ1) is 16.8. The van der Waals surface area contributed by atoms with Crippen molar-refractivity contribution in [1.29, 1.82) is 0 Å². The first-order chi connectivity index (χ1) is 11.7. The third-order valence-corrected chi connectivity index (χ3v) is 4.70. The lowest BCUT2D eigenvalue weighted by atomic mass is 10.0. The number of nitrogens with one attached hydrogen (secondary N) is 1. The van der Waals surface area contributed by atoms with E-state index in [9.17, 15) is 0 Å². The van der Waals surface area contributed by atoms with Crippen LogP contribution in [0.4, 0.5) is 5.69 Å². The molecule has 0 saturated carbocycles. The lowest BCUT2D eigenvalue weighted by Crippen LogP contribution is -2.45. The van der Waals surface area contributed by atoms with Gasteiger partial charge in [-0.3, -0.25) is 4.90 Å². The number of benzene rings is 2. The van der Waals surface area contributed by atoms with E-state index in [0.29, 0.717) is 6.04 Å². The molecule has 1 N–H and O–H groups in total. The van der Waals surface area contributed by atoms with E-state index in [-0.39, 0.29) is 0 Å². The Labute approximate surface area is 145 Å². The van der Waals surface area contributed by atoms with Gasteiger partial charge < -0.3 is 15.0 Å². The van der Waals surface area contributed by atoms with Gasteiger partial charge in [-0.15, -0.1) is 0 Å². The number of para-hydroxylation sites is 2. The summed E-state index contributed by atoms with van der Waals surface area (Å²) in [5.41, 5.74) is 3.91. The minimum atomic E-state index is 0.324. The third kappa shape index (κ3) is 3.55. The summed E-state index contributed by atoms with van der Waals surface area (Å²) in [4.78, 5) is 4.74. The van der Waals surface area contributed by atoms with Crippen LogP contribution < -0.4 is 15.0 Å². The highest BCUT2D eigenvalue weighted by Crippen LogP contribution is 2.32. The molecular weight excluding hydrogens is 298 g/mol. The molecule has 2 aromatic carbocycles. The molecule has 3 rings (SSSR count). The number of nitrogens with zero attached hydrogens (tertiary/aromatic N) is 2. The predicted octanol–water partition coefficient (Wildman–Crippen LogP) is 2.91. The zero-order valence-electron chi connectivity index (χ0n) is 14.8. The number of ether oxygens (including phenoxy) is 1. The highest BCUT2D eigenvalue weighted by Gasteiger charge is 2.26. The van der Waals surface area contributed by atoms with E-state index in [1.165, 1.54) is 16.8 Å². The zero-order chi connectivity index (χ0) is 16.9. The predicted molar refractivity (Wildman–Crippen MR) is 99.8 cm³/mol. The van der Waals surface area contributed by atoms with Crippen molar-refractivity contribution in [2.24, 2.45) is 0 Å². The normalized spacial score (nSPS) is 18.4. The van der Waals surface area contributed by atoms with Gasteiger partial charge in [0.1, 0.15) is 5.75 Å². The van der Waals surface area contributed by atoms with Crippen LogP contribution in [0, 0.1) is 0 Å². The Morgan fingerprint density at radius 3 is 2.67 bits per heavy atom. The number of rotatable bonds is 5. The van der Waals surface area contributed by atoms with E-state index in [1.807, 2.05) is 6.07 Å². The summed E-state index contributed by atoms with van der Waals surface area (Å²) in [5.74, 6) is 0.970. The maximum Gasteiger partial charge on any atom is 0.123 e. The van der Waals surface area contributed by atoms with E-state index in [0.717, 1.165) is 31.9 Å². The minimum Gasteiger partial charge on any atom is -0.496 e. The van der Waals surface area contributed by atoms with Crippen LogP contribution in [0.15, 0.2) is 48.5 Å². The van der Waals surface area contributed by atoms with Crippen LogP contribution in [-0.2, 0) is 6.54 Å². The minimum absolute atomic E-state index is 0.324. The molecule has 1 fully saturated rings. The average molecular weight is 325 g/mol. The van der Waals surface area contributed by atoms with Crippen LogP contribution in [0.1, 0.15) is 17.2 Å². The van der Waals surface area contributed by atoms with Crippen molar-refractivity contribution in [3.8, 4) is 5.75 Å². The molecule has 4 heteroatoms. The molecule has 0 aliphatic carbocycles. The number of hydrogen-bond acceptors (Lipinski definition) is 4. The Hall–Kier alpha value is -2.04. The quantitative estimate of drug-likeness (QED) is 0.915. The van der Waals surface area contributed by atoms with Crippen molar-refractivity contribution in [1.82, 2.24) is 10.2 Å². The Morgan fingerprint density at radius 1 is 1.12 bits per heavy atom. The van der Waals surface area contributed by atoms with Crippen molar-refractivity contribution in [2.75, 3.05) is 45.7 Å². The molecular formula is C20H27N3O. The van der Waals surface area contributed by atoms with Crippen molar-refractivity contribution >= 4 is 5.69 Å². The molecule has 24 heavy (non-hydrogen) atoms. The summed E-state index contributed by atoms with van der Waals surface area (Å²) in [6.45, 7) is 3.95. The first-order valence-corrected chi connectivity index (χ1v) is 8.53. The van der Waals surface area contributed by atoms with E-state index >= 15 is 0 Å². The second kappa shape index (κ2) is 7.69. The van der Waals surface area contributed by atoms with Crippen LogP contribution in [0.3, 0.4) is 0 Å². The molecule has 1 aliphatic rings. The van der Waals surface area contributed by atoms with Crippen LogP contribution >= 0.6 is 0 Å². The van der Waals surface area contributed by atoms with Gasteiger partial charge in [0, 0.05) is 51.5 Å². The Morgan fingerprint density at radius 2 is 1.88 bits per heavy atom. The SMILES string of the molecule is COc1ccccc1C1CNCCN1Cc1ccccc1N(C)C. The molecule has 1 aliphatic heterocycles. The highest BCUT2D eigenvalue weighted by atomic mass is 16.5. The van der Waals surface area contributed by atoms with E-state index in [2.05, 4.69) is 71.7 Å². The summed E-state index contributed by atoms with van der Waals surface area (Å²) in [6.07, 6.45) is 0. The first-order valence-electron chi connectivity index (χ1n) is 8.53. The largest absolute Gasteiger partial charge is 0.496 e. The number of methoxy groups -OCH3 is 1. The Bertz CT molecular complexity index is 671. The summed E-state index contributed by atoms with van der Waals surface area (Å²) in [6, 6.07) is 17.3. The number of anilines is 1. The number of piperazine rings is 1. The molecule has 4 nitrogen and oxygen atoms in total. The Kier molecular flexibility index (Phi) is 5.38. The molecule has 128 valence electrons. The molecule has 1 atom stereocenters. The van der Waals surface area contributed by atoms with Crippen molar-refractivity contribution < 1.29 is 4.74 Å². The van der Waals surface area contributed by atoms with E-state index < -0.39 is 0 Å². The van der Waals surface area contributed by atoms with Gasteiger partial charge in [-0.2, -0.15) is 0 Å². The topological polar surface area (TPSA) is 27.7 Å². The maximum absolute atomic E-state index is 5.60. The molecule has 2 aromatic rings. The van der Waals surface area contributed by atoms with Gasteiger partial charge in [0.25, 0.3) is 0 Å². The van der Waals surface area contributed by atoms with Crippen LogP contribution in [0.5, 0.6) is 5.75 Å². The van der Waals surface area contributed by atoms with Gasteiger partial charge in [0.05, 0.1) is 13.2 Å². The molecule has 0 radical (unpaired) electrons. The van der Waals surface area contributed by atoms with Crippen LogP contribution in [0.25, 0.3) is 0 Å². The maximum atomic E-state index is 5.60. The summed E-state index contributed by atoms with van der Waals surface area (Å²) in [7, 11) is 5.96. The van der Waals surface area contributed by atoms with Gasteiger partial charge in [-0.25, -0.2) is 0 Å². The molecule has 1 unspecified atom stereocenters. The molecule has 0 amide bonds. The standard InChI is InChI=1S/C20H27N3O/c1-22(2)18-10-6-4-8-16(18)15-23-13-12-21-14-19(23)17-9-5-7-11-20(17)24-3/h4-11,19,21H,12-15H2,1-3H3. The van der Waals surface area contributed by atoms with Gasteiger partial charge in [0.15, 0.2) is 0 Å². The van der Waals surface area contributed by atoms with E-state index in [4.69, 9.17) is 4.74 Å². The lowest BCUT2D eigenvalue weighted by molar-refractivity contribution is 0.151. The molecule has 1 heterocycles. The number of hydrogen-bond donors (Lipinski definition) is 1. The van der Waals surface area contributed by atoms with Crippen molar-refractivity contribution in [2.45, 2.75) is 12.6 Å². The summed E-state index contributed by atoms with van der Waals surface area (Å²) >= 11 is 0. The second-order valence-electron chi connectivity index (χ2n) is 6.46. The molecule has 0 spiro atoms. The fourth-order valence-electron chi connectivity index (χ4n) is 3.48. The van der Waals surface area contributed by atoms with Crippen LogP contribution in [-0.4, -0.2) is 45.7 Å². The van der Waals surface area contributed by atoms with Crippen LogP contribution in [0.2, 0.25) is 0 Å². The zero-order valence-corrected chi connectivity index (χ0v) is 14.8. The average Bonchev–Trinajstić information content (AvgIpc) is 2.62. The molecule has 0 bridgehead atoms. The fourth-order valence-corrected chi connectivity index (χ4v) is 3.48. The van der Waals surface area contributed by atoms with Crippen molar-refractivity contribution in [3.05, 3.63) is 59.7 Å². The monoisotopic (exact) mass is 325 g/mol. The van der Waals surface area contributed by atoms with E-state index in [1.54, 1.807) is 7.11 Å². The molecule has 1 saturated heterocycles. The Balaban J connectivity index is 1.88. The highest BCUT2D eigenvalue weighted by molar-refractivity contribution is 5.52. The van der Waals surface area contributed by atoms with Gasteiger partial charge >= 0.3 is 0 Å². The molecule has 0 aromatic heterocycles. The summed E-state index contributed by atoms with van der Waals surface area (Å²) in [5, 5.41) is 3.53. The lowest BCUT2D eigenvalue weighted by Gasteiger charge is -2.37. The van der Waals surface area contributed by atoms with Gasteiger partial charge in [-0.05, 0) is 17.7 Å². The summed E-state index contributed by atoms with van der Waals surface area (Å²) < 4.78 is 5.60. The van der Waals surface area contributed by atoms with Gasteiger partial charge in [0.2, 0.25) is 0 Å². The fraction of sp³-hybridized carbons (Fsp3) is 0.400. The van der Waals surface area contributed by atoms with Gasteiger partial charge in [-0.1, -0.05) is 36.4 Å². The third-order valence-electron chi connectivity index (χ3n) is 4.70. The van der Waals surface area contributed by atoms with Crippen molar-refractivity contribution in [3.63, 3.8) is 0 Å².